The van der Waals surface area contributed by atoms with Crippen molar-refractivity contribution >= 4 is 17.2 Å². The molecule has 6 rings (SSSR count). The zero-order valence-electron chi connectivity index (χ0n) is 20.4. The van der Waals surface area contributed by atoms with E-state index >= 15 is 0 Å². The molecule has 2 aliphatic heterocycles. The lowest BCUT2D eigenvalue weighted by atomic mass is 9.80. The summed E-state index contributed by atoms with van der Waals surface area (Å²) in [7, 11) is 0. The van der Waals surface area contributed by atoms with Gasteiger partial charge in [-0.3, -0.25) is 4.79 Å². The van der Waals surface area contributed by atoms with E-state index in [0.29, 0.717) is 11.8 Å². The van der Waals surface area contributed by atoms with Gasteiger partial charge in [-0.2, -0.15) is 0 Å². The first-order chi connectivity index (χ1) is 17.8. The summed E-state index contributed by atoms with van der Waals surface area (Å²) in [6.07, 6.45) is 1.98. The lowest BCUT2D eigenvalue weighted by molar-refractivity contribution is -0.139. The second-order valence-electron chi connectivity index (χ2n) is 10.0. The molecule has 36 heavy (non-hydrogen) atoms. The van der Waals surface area contributed by atoms with Crippen molar-refractivity contribution in [2.75, 3.05) is 19.6 Å². The smallest absolute Gasteiger partial charge is 0.228 e. The quantitative estimate of drug-likeness (QED) is 0.330. The van der Waals surface area contributed by atoms with E-state index in [4.69, 9.17) is 0 Å². The Hall–Kier alpha value is -3.21. The summed E-state index contributed by atoms with van der Waals surface area (Å²) >= 11 is 1.77. The third-order valence-electron chi connectivity index (χ3n) is 8.02. The predicted molar refractivity (Wildman–Crippen MR) is 148 cm³/mol. The number of nitrogens with one attached hydrogen (secondary N) is 1. The van der Waals surface area contributed by atoms with E-state index < -0.39 is 0 Å². The Morgan fingerprint density at radius 1 is 0.806 bits per heavy atom. The molecule has 3 nitrogen and oxygen atoms in total. The van der Waals surface area contributed by atoms with E-state index in [2.05, 4.69) is 113 Å². The number of rotatable bonds is 5. The highest BCUT2D eigenvalue weighted by Crippen LogP contribution is 2.43. The first-order valence-electron chi connectivity index (χ1n) is 13.0. The standard InChI is InChI=1S/C32H32N2OS/c35-32(29-22-33-21-28(29)26-14-7-8-15-27(26)31-16-9-19-36-31)34-18-17-25(23-10-3-1-4-11-23)20-30(34)24-12-5-2-6-13-24/h1-16,19,25,28-30,33H,17-18,20-22H2/t25-,28-,29+,30+/m0/s1. The van der Waals surface area contributed by atoms with Crippen LogP contribution in [0.1, 0.15) is 47.4 Å². The molecule has 0 bridgehead atoms. The first-order valence-corrected chi connectivity index (χ1v) is 13.9. The van der Waals surface area contributed by atoms with Gasteiger partial charge in [0.2, 0.25) is 5.91 Å². The number of thiophene rings is 1. The number of likely N-dealkylation sites (tertiary alicyclic amines) is 1. The maximum absolute atomic E-state index is 14.3. The minimum atomic E-state index is -0.0504. The maximum atomic E-state index is 14.3. The third kappa shape index (κ3) is 4.52. The van der Waals surface area contributed by atoms with Crippen LogP contribution in [0.2, 0.25) is 0 Å². The highest BCUT2D eigenvalue weighted by molar-refractivity contribution is 7.13. The van der Waals surface area contributed by atoms with Crippen molar-refractivity contribution in [3.8, 4) is 10.4 Å². The SMILES string of the molecule is O=C([C@@H]1CNC[C@H]1c1ccccc1-c1cccs1)N1CC[C@H](c2ccccc2)C[C@@H]1c1ccccc1. The van der Waals surface area contributed by atoms with Gasteiger partial charge in [-0.05, 0) is 52.5 Å². The van der Waals surface area contributed by atoms with Crippen LogP contribution in [-0.4, -0.2) is 30.4 Å². The highest BCUT2D eigenvalue weighted by Gasteiger charge is 2.41. The van der Waals surface area contributed by atoms with Crippen LogP contribution in [0.25, 0.3) is 10.4 Å². The van der Waals surface area contributed by atoms with Crippen LogP contribution in [0.4, 0.5) is 0 Å². The van der Waals surface area contributed by atoms with Gasteiger partial charge in [0.1, 0.15) is 0 Å². The summed E-state index contributed by atoms with van der Waals surface area (Å²) < 4.78 is 0. The van der Waals surface area contributed by atoms with Gasteiger partial charge in [-0.15, -0.1) is 11.3 Å². The van der Waals surface area contributed by atoms with Gasteiger partial charge in [0.15, 0.2) is 0 Å². The van der Waals surface area contributed by atoms with Crippen molar-refractivity contribution in [2.45, 2.75) is 30.7 Å². The average Bonchev–Trinajstić information content (AvgIpc) is 3.66. The minimum Gasteiger partial charge on any atom is -0.335 e. The lowest BCUT2D eigenvalue weighted by Gasteiger charge is -2.42. The number of hydrogen-bond acceptors (Lipinski definition) is 3. The van der Waals surface area contributed by atoms with Crippen LogP contribution in [0, 0.1) is 5.92 Å². The molecule has 4 atom stereocenters. The van der Waals surface area contributed by atoms with E-state index in [0.717, 1.165) is 32.5 Å². The van der Waals surface area contributed by atoms with Crippen LogP contribution in [0.5, 0.6) is 0 Å². The molecule has 182 valence electrons. The van der Waals surface area contributed by atoms with Crippen molar-refractivity contribution in [1.29, 1.82) is 0 Å². The summed E-state index contributed by atoms with van der Waals surface area (Å²) in [6.45, 7) is 2.38. The summed E-state index contributed by atoms with van der Waals surface area (Å²) in [5, 5.41) is 5.69. The van der Waals surface area contributed by atoms with Crippen molar-refractivity contribution in [3.05, 3.63) is 119 Å². The zero-order chi connectivity index (χ0) is 24.3. The Bertz CT molecular complexity index is 1290. The minimum absolute atomic E-state index is 0.0504. The molecule has 2 saturated heterocycles. The van der Waals surface area contributed by atoms with Crippen LogP contribution in [-0.2, 0) is 4.79 Å². The molecule has 1 aromatic heterocycles. The van der Waals surface area contributed by atoms with E-state index in [-0.39, 0.29) is 17.9 Å². The van der Waals surface area contributed by atoms with Gasteiger partial charge in [0.05, 0.1) is 12.0 Å². The molecule has 1 N–H and O–H groups in total. The summed E-state index contributed by atoms with van der Waals surface area (Å²) in [5.74, 6) is 0.897. The monoisotopic (exact) mass is 492 g/mol. The van der Waals surface area contributed by atoms with Gasteiger partial charge in [0, 0.05) is 30.4 Å². The molecule has 0 radical (unpaired) electrons. The number of carbonyl (C=O) groups is 1. The number of carbonyl (C=O) groups excluding carboxylic acids is 1. The molecule has 1 amide bonds. The maximum Gasteiger partial charge on any atom is 0.228 e. The Labute approximate surface area is 217 Å². The summed E-state index contributed by atoms with van der Waals surface area (Å²) in [6, 6.07) is 34.5. The first kappa shape index (κ1) is 23.2. The molecule has 3 heterocycles. The molecule has 4 heteroatoms. The van der Waals surface area contributed by atoms with Gasteiger partial charge in [0.25, 0.3) is 0 Å². The van der Waals surface area contributed by atoms with Crippen LogP contribution < -0.4 is 5.32 Å². The number of hydrogen-bond donors (Lipinski definition) is 1. The Kier molecular flexibility index (Phi) is 6.71. The fraction of sp³-hybridized carbons (Fsp3) is 0.281. The molecule has 2 fully saturated rings. The third-order valence-corrected chi connectivity index (χ3v) is 8.92. The molecule has 0 unspecified atom stereocenters. The van der Waals surface area contributed by atoms with Gasteiger partial charge in [-0.1, -0.05) is 91.0 Å². The van der Waals surface area contributed by atoms with E-state index in [1.54, 1.807) is 11.3 Å². The zero-order valence-corrected chi connectivity index (χ0v) is 21.2. The number of amides is 1. The molecule has 0 saturated carbocycles. The molecule has 2 aliphatic rings. The largest absolute Gasteiger partial charge is 0.335 e. The fourth-order valence-corrected chi connectivity index (χ4v) is 6.98. The number of benzene rings is 3. The fourth-order valence-electron chi connectivity index (χ4n) is 6.20. The van der Waals surface area contributed by atoms with Crippen LogP contribution in [0.15, 0.2) is 102 Å². The van der Waals surface area contributed by atoms with Crippen molar-refractivity contribution in [2.24, 2.45) is 5.92 Å². The highest BCUT2D eigenvalue weighted by atomic mass is 32.1. The second-order valence-corrected chi connectivity index (χ2v) is 11.0. The Balaban J connectivity index is 1.30. The number of piperidine rings is 1. The second kappa shape index (κ2) is 10.4. The summed E-state index contributed by atoms with van der Waals surface area (Å²) in [5.41, 5.74) is 5.18. The van der Waals surface area contributed by atoms with Crippen molar-refractivity contribution < 1.29 is 4.79 Å². The Morgan fingerprint density at radius 2 is 1.53 bits per heavy atom. The van der Waals surface area contributed by atoms with E-state index in [9.17, 15) is 4.79 Å². The Morgan fingerprint density at radius 3 is 2.28 bits per heavy atom. The molecular weight excluding hydrogens is 460 g/mol. The molecule has 0 aliphatic carbocycles. The summed E-state index contributed by atoms with van der Waals surface area (Å²) in [4.78, 5) is 17.8. The predicted octanol–water partition coefficient (Wildman–Crippen LogP) is 6.87. The van der Waals surface area contributed by atoms with E-state index in [1.807, 2.05) is 0 Å². The lowest BCUT2D eigenvalue weighted by Crippen LogP contribution is -2.45. The molecule has 3 aromatic carbocycles. The average molecular weight is 493 g/mol. The van der Waals surface area contributed by atoms with Gasteiger partial charge >= 0.3 is 0 Å². The van der Waals surface area contributed by atoms with Crippen LogP contribution in [0.3, 0.4) is 0 Å². The van der Waals surface area contributed by atoms with Crippen LogP contribution >= 0.6 is 11.3 Å². The molecule has 4 aromatic rings. The van der Waals surface area contributed by atoms with E-state index in [1.165, 1.54) is 27.1 Å². The molecular formula is C32H32N2OS. The van der Waals surface area contributed by atoms with Gasteiger partial charge in [-0.25, -0.2) is 0 Å². The normalized spacial score (nSPS) is 24.1. The van der Waals surface area contributed by atoms with Gasteiger partial charge < -0.3 is 10.2 Å². The molecule has 0 spiro atoms. The topological polar surface area (TPSA) is 32.3 Å². The van der Waals surface area contributed by atoms with Crippen molar-refractivity contribution in [1.82, 2.24) is 10.2 Å². The number of nitrogens with zero attached hydrogens (tertiary/aromatic N) is 1. The van der Waals surface area contributed by atoms with Crippen molar-refractivity contribution in [3.63, 3.8) is 0 Å².